The minimum Gasteiger partial charge on any atom is -0.493 e. The van der Waals surface area contributed by atoms with Gasteiger partial charge in [0.25, 0.3) is 0 Å². The van der Waals surface area contributed by atoms with Gasteiger partial charge in [-0.1, -0.05) is 17.7 Å². The summed E-state index contributed by atoms with van der Waals surface area (Å²) in [6.45, 7) is 4.04. The van der Waals surface area contributed by atoms with E-state index in [-0.39, 0.29) is 17.9 Å². The van der Waals surface area contributed by atoms with E-state index in [2.05, 4.69) is 5.10 Å². The molecule has 2 aromatic rings. The monoisotopic (exact) mass is 311 g/mol. The fourth-order valence-corrected chi connectivity index (χ4v) is 2.54. The van der Waals surface area contributed by atoms with Crippen LogP contribution in [-0.4, -0.2) is 16.9 Å². The van der Waals surface area contributed by atoms with Crippen molar-refractivity contribution in [3.05, 3.63) is 46.5 Å². The predicted octanol–water partition coefficient (Wildman–Crippen LogP) is 3.51. The van der Waals surface area contributed by atoms with Crippen LogP contribution in [0, 0.1) is 5.82 Å². The molecule has 2 N–H and O–H groups in total. The van der Waals surface area contributed by atoms with Crippen molar-refractivity contribution >= 4 is 11.6 Å². The molecule has 6 heteroatoms. The molecule has 1 heterocycles. The van der Waals surface area contributed by atoms with Gasteiger partial charge in [0.05, 0.1) is 25.0 Å². The number of benzene rings is 1. The molecule has 0 aliphatic carbocycles. The Hall–Kier alpha value is -1.59. The first kappa shape index (κ1) is 15.8. The molecule has 1 atom stereocenters. The number of nitrogens with two attached hydrogens (primary N) is 1. The maximum Gasteiger partial charge on any atom is 0.161 e. The van der Waals surface area contributed by atoms with Gasteiger partial charge in [-0.15, -0.1) is 0 Å². The third-order valence-electron chi connectivity index (χ3n) is 3.31. The lowest BCUT2D eigenvalue weighted by Gasteiger charge is -2.18. The van der Waals surface area contributed by atoms with E-state index in [1.807, 2.05) is 18.5 Å². The van der Waals surface area contributed by atoms with Crippen LogP contribution in [0.15, 0.2) is 24.4 Å². The van der Waals surface area contributed by atoms with Crippen molar-refractivity contribution in [2.75, 3.05) is 7.11 Å². The van der Waals surface area contributed by atoms with Crippen molar-refractivity contribution in [3.8, 4) is 5.75 Å². The molecule has 0 spiro atoms. The van der Waals surface area contributed by atoms with E-state index in [1.54, 1.807) is 19.4 Å². The van der Waals surface area contributed by atoms with Crippen LogP contribution in [0.2, 0.25) is 5.02 Å². The Labute approximate surface area is 128 Å². The molecule has 0 aliphatic heterocycles. The molecule has 1 unspecified atom stereocenters. The van der Waals surface area contributed by atoms with E-state index < -0.39 is 0 Å². The van der Waals surface area contributed by atoms with Gasteiger partial charge in [0.2, 0.25) is 0 Å². The summed E-state index contributed by atoms with van der Waals surface area (Å²) in [5.41, 5.74) is 7.91. The van der Waals surface area contributed by atoms with Gasteiger partial charge < -0.3 is 10.5 Å². The van der Waals surface area contributed by atoms with Gasteiger partial charge in [0.1, 0.15) is 5.82 Å². The van der Waals surface area contributed by atoms with Gasteiger partial charge in [-0.05, 0) is 38.0 Å². The highest BCUT2D eigenvalue weighted by Gasteiger charge is 2.21. The molecule has 1 aromatic heterocycles. The zero-order chi connectivity index (χ0) is 15.6. The molecule has 0 aliphatic rings. The first-order valence-electron chi connectivity index (χ1n) is 6.75. The molecule has 114 valence electrons. The van der Waals surface area contributed by atoms with Crippen LogP contribution < -0.4 is 10.5 Å². The topological polar surface area (TPSA) is 53.1 Å². The summed E-state index contributed by atoms with van der Waals surface area (Å²) in [6.07, 6.45) is 2.13. The van der Waals surface area contributed by atoms with Crippen molar-refractivity contribution in [3.63, 3.8) is 0 Å². The molecule has 0 fully saturated rings. The largest absolute Gasteiger partial charge is 0.493 e. The third-order valence-corrected chi connectivity index (χ3v) is 3.67. The lowest BCUT2D eigenvalue weighted by molar-refractivity contribution is 0.396. The van der Waals surface area contributed by atoms with Crippen LogP contribution in [0.5, 0.6) is 5.75 Å². The van der Waals surface area contributed by atoms with Crippen molar-refractivity contribution in [1.82, 2.24) is 9.78 Å². The molecular weight excluding hydrogens is 293 g/mol. The van der Waals surface area contributed by atoms with E-state index in [1.165, 1.54) is 12.1 Å². The van der Waals surface area contributed by atoms with Gasteiger partial charge in [-0.2, -0.15) is 5.10 Å². The Bertz CT molecular complexity index is 627. The fraction of sp³-hybridized carbons (Fsp3) is 0.400. The molecule has 2 rings (SSSR count). The number of ether oxygens (including phenoxy) is 1. The summed E-state index contributed by atoms with van der Waals surface area (Å²) in [5.74, 6) is 0.288. The molecule has 0 bridgehead atoms. The highest BCUT2D eigenvalue weighted by molar-refractivity contribution is 6.31. The van der Waals surface area contributed by atoms with Gasteiger partial charge in [0, 0.05) is 11.1 Å². The SMILES string of the molecule is COc1cnn(C(C)C)c1C(N)Cc1ccc(F)cc1Cl. The predicted molar refractivity (Wildman–Crippen MR) is 81.2 cm³/mol. The van der Waals surface area contributed by atoms with Crippen LogP contribution in [0.1, 0.15) is 37.2 Å². The standard InChI is InChI=1S/C15H19ClFN3O/c1-9(2)20-15(14(21-3)8-19-20)13(18)6-10-4-5-11(17)7-12(10)16/h4-5,7-9,13H,6,18H2,1-3H3. The summed E-state index contributed by atoms with van der Waals surface area (Å²) in [7, 11) is 1.59. The Morgan fingerprint density at radius 3 is 2.71 bits per heavy atom. The number of nitrogens with zero attached hydrogens (tertiary/aromatic N) is 2. The molecule has 0 saturated heterocycles. The van der Waals surface area contributed by atoms with Crippen LogP contribution >= 0.6 is 11.6 Å². The number of methoxy groups -OCH3 is 1. The molecule has 21 heavy (non-hydrogen) atoms. The van der Waals surface area contributed by atoms with E-state index in [4.69, 9.17) is 22.1 Å². The number of hydrogen-bond donors (Lipinski definition) is 1. The molecular formula is C15H19ClFN3O. The quantitative estimate of drug-likeness (QED) is 0.919. The number of hydrogen-bond acceptors (Lipinski definition) is 3. The molecule has 1 aromatic carbocycles. The minimum absolute atomic E-state index is 0.165. The van der Waals surface area contributed by atoms with Crippen molar-refractivity contribution in [2.45, 2.75) is 32.4 Å². The van der Waals surface area contributed by atoms with Crippen LogP contribution in [0.4, 0.5) is 4.39 Å². The Balaban J connectivity index is 2.31. The number of aromatic nitrogens is 2. The third kappa shape index (κ3) is 3.36. The Kier molecular flexibility index (Phi) is 4.85. The zero-order valence-corrected chi connectivity index (χ0v) is 13.1. The smallest absolute Gasteiger partial charge is 0.161 e. The summed E-state index contributed by atoms with van der Waals surface area (Å²) in [6, 6.07) is 4.15. The van der Waals surface area contributed by atoms with Crippen LogP contribution in [-0.2, 0) is 6.42 Å². The minimum atomic E-state index is -0.359. The van der Waals surface area contributed by atoms with E-state index >= 15 is 0 Å². The second kappa shape index (κ2) is 6.45. The first-order valence-corrected chi connectivity index (χ1v) is 7.12. The summed E-state index contributed by atoms with van der Waals surface area (Å²) >= 11 is 6.06. The van der Waals surface area contributed by atoms with Gasteiger partial charge in [-0.25, -0.2) is 4.39 Å². The fourth-order valence-electron chi connectivity index (χ4n) is 2.30. The number of halogens is 2. The highest BCUT2D eigenvalue weighted by atomic mass is 35.5. The zero-order valence-electron chi connectivity index (χ0n) is 12.3. The average Bonchev–Trinajstić information content (AvgIpc) is 2.86. The van der Waals surface area contributed by atoms with Crippen LogP contribution in [0.25, 0.3) is 0 Å². The van der Waals surface area contributed by atoms with Crippen molar-refractivity contribution < 1.29 is 9.13 Å². The average molecular weight is 312 g/mol. The second-order valence-electron chi connectivity index (χ2n) is 5.18. The van der Waals surface area contributed by atoms with Crippen LogP contribution in [0.3, 0.4) is 0 Å². The van der Waals surface area contributed by atoms with Gasteiger partial charge in [0.15, 0.2) is 5.75 Å². The van der Waals surface area contributed by atoms with Crippen molar-refractivity contribution in [2.24, 2.45) is 5.73 Å². The first-order chi connectivity index (χ1) is 9.93. The maximum absolute atomic E-state index is 13.1. The van der Waals surface area contributed by atoms with Gasteiger partial charge >= 0.3 is 0 Å². The normalized spacial score (nSPS) is 12.7. The lowest BCUT2D eigenvalue weighted by Crippen LogP contribution is -2.20. The Morgan fingerprint density at radius 2 is 2.14 bits per heavy atom. The Morgan fingerprint density at radius 1 is 1.43 bits per heavy atom. The van der Waals surface area contributed by atoms with Gasteiger partial charge in [-0.3, -0.25) is 4.68 Å². The molecule has 0 saturated carbocycles. The highest BCUT2D eigenvalue weighted by Crippen LogP contribution is 2.30. The van der Waals surface area contributed by atoms with E-state index in [0.717, 1.165) is 11.3 Å². The van der Waals surface area contributed by atoms with E-state index in [0.29, 0.717) is 17.2 Å². The maximum atomic E-state index is 13.1. The summed E-state index contributed by atoms with van der Waals surface area (Å²) < 4.78 is 20.3. The molecule has 0 amide bonds. The summed E-state index contributed by atoms with van der Waals surface area (Å²) in [4.78, 5) is 0. The second-order valence-corrected chi connectivity index (χ2v) is 5.59. The lowest BCUT2D eigenvalue weighted by atomic mass is 10.0. The molecule has 4 nitrogen and oxygen atoms in total. The number of rotatable bonds is 5. The van der Waals surface area contributed by atoms with E-state index in [9.17, 15) is 4.39 Å². The molecule has 0 radical (unpaired) electrons. The summed E-state index contributed by atoms with van der Waals surface area (Å²) in [5, 5.41) is 4.68. The van der Waals surface area contributed by atoms with Crippen molar-refractivity contribution in [1.29, 1.82) is 0 Å².